The van der Waals surface area contributed by atoms with E-state index in [4.69, 9.17) is 4.74 Å². The molecule has 1 unspecified atom stereocenters. The molecular formula is C24H30N2O5S. The number of esters is 1. The summed E-state index contributed by atoms with van der Waals surface area (Å²) in [7, 11) is 1.15. The van der Waals surface area contributed by atoms with Gasteiger partial charge in [-0.05, 0) is 37.1 Å². The van der Waals surface area contributed by atoms with Crippen molar-refractivity contribution in [3.8, 4) is 0 Å². The minimum Gasteiger partial charge on any atom is -0.444 e. The van der Waals surface area contributed by atoms with Gasteiger partial charge in [-0.3, -0.25) is 4.79 Å². The molecule has 7 nitrogen and oxygen atoms in total. The monoisotopic (exact) mass is 458 g/mol. The van der Waals surface area contributed by atoms with Crippen molar-refractivity contribution in [2.24, 2.45) is 0 Å². The molecule has 0 saturated heterocycles. The highest BCUT2D eigenvalue weighted by Gasteiger charge is 2.30. The van der Waals surface area contributed by atoms with E-state index in [2.05, 4.69) is 0 Å². The van der Waals surface area contributed by atoms with Gasteiger partial charge in [-0.15, -0.1) is 0 Å². The van der Waals surface area contributed by atoms with E-state index < -0.39 is 22.1 Å². The van der Waals surface area contributed by atoms with Crippen LogP contribution in [0.1, 0.15) is 54.1 Å². The molecule has 1 saturated carbocycles. The summed E-state index contributed by atoms with van der Waals surface area (Å²) >= 11 is 0. The molecule has 3 rings (SSSR count). The molecule has 1 amide bonds. The molecule has 1 aliphatic carbocycles. The maximum absolute atomic E-state index is 13.0. The lowest BCUT2D eigenvalue weighted by Crippen LogP contribution is -2.38. The number of amides is 1. The van der Waals surface area contributed by atoms with E-state index in [-0.39, 0.29) is 22.4 Å². The van der Waals surface area contributed by atoms with Crippen LogP contribution in [0, 0.1) is 0 Å². The predicted molar refractivity (Wildman–Crippen MR) is 122 cm³/mol. The third kappa shape index (κ3) is 5.37. The van der Waals surface area contributed by atoms with Gasteiger partial charge in [-0.1, -0.05) is 49.6 Å². The van der Waals surface area contributed by atoms with Crippen molar-refractivity contribution in [3.63, 3.8) is 0 Å². The van der Waals surface area contributed by atoms with Crippen LogP contribution in [0.15, 0.2) is 59.5 Å². The Morgan fingerprint density at radius 2 is 1.50 bits per heavy atom. The van der Waals surface area contributed by atoms with E-state index in [0.29, 0.717) is 5.56 Å². The summed E-state index contributed by atoms with van der Waals surface area (Å²) in [4.78, 5) is 26.8. The quantitative estimate of drug-likeness (QED) is 0.592. The summed E-state index contributed by atoms with van der Waals surface area (Å²) in [5, 5.41) is 0. The van der Waals surface area contributed by atoms with Crippen LogP contribution in [0.3, 0.4) is 0 Å². The number of ether oxygens (including phenoxy) is 1. The number of nitrogens with zero attached hydrogens (tertiary/aromatic N) is 2. The van der Waals surface area contributed by atoms with E-state index >= 15 is 0 Å². The Hall–Kier alpha value is -2.71. The fraction of sp³-hybridized carbons (Fsp3) is 0.417. The van der Waals surface area contributed by atoms with Crippen molar-refractivity contribution in [1.29, 1.82) is 0 Å². The highest BCUT2D eigenvalue weighted by Crippen LogP contribution is 2.27. The van der Waals surface area contributed by atoms with Crippen LogP contribution in [0.25, 0.3) is 0 Å². The van der Waals surface area contributed by atoms with E-state index in [9.17, 15) is 18.0 Å². The molecule has 0 bridgehead atoms. The third-order valence-corrected chi connectivity index (χ3v) is 7.77. The number of hydrogen-bond donors (Lipinski definition) is 0. The molecule has 2 aromatic carbocycles. The van der Waals surface area contributed by atoms with Crippen molar-refractivity contribution in [1.82, 2.24) is 9.21 Å². The van der Waals surface area contributed by atoms with Gasteiger partial charge in [-0.25, -0.2) is 13.2 Å². The van der Waals surface area contributed by atoms with Crippen LogP contribution in [0.5, 0.6) is 0 Å². The molecule has 0 radical (unpaired) electrons. The summed E-state index contributed by atoms with van der Waals surface area (Å²) in [6.45, 7) is 0. The van der Waals surface area contributed by atoms with Crippen molar-refractivity contribution in [2.45, 2.75) is 49.1 Å². The van der Waals surface area contributed by atoms with E-state index in [1.165, 1.54) is 33.5 Å². The lowest BCUT2D eigenvalue weighted by atomic mass is 9.96. The van der Waals surface area contributed by atoms with Gasteiger partial charge in [0.25, 0.3) is 5.91 Å². The molecule has 8 heteroatoms. The number of hydrogen-bond acceptors (Lipinski definition) is 5. The van der Waals surface area contributed by atoms with Crippen LogP contribution in [-0.2, 0) is 19.6 Å². The number of sulfonamides is 1. The van der Waals surface area contributed by atoms with Gasteiger partial charge in [0, 0.05) is 32.7 Å². The van der Waals surface area contributed by atoms with Crippen LogP contribution in [0.4, 0.5) is 0 Å². The second kappa shape index (κ2) is 10.3. The number of likely N-dealkylation sites (N-methyl/N-ethyl adjacent to an activating group) is 1. The highest BCUT2D eigenvalue weighted by atomic mass is 32.2. The number of carbonyl (C=O) groups is 2. The van der Waals surface area contributed by atoms with Crippen LogP contribution in [-0.4, -0.2) is 56.7 Å². The normalized spacial score (nSPS) is 15.9. The molecule has 1 aliphatic rings. The van der Waals surface area contributed by atoms with Gasteiger partial charge in [-0.2, -0.15) is 4.31 Å². The van der Waals surface area contributed by atoms with Crippen molar-refractivity contribution < 1.29 is 22.7 Å². The first-order valence-corrected chi connectivity index (χ1v) is 12.2. The minimum atomic E-state index is -3.65. The second-order valence-corrected chi connectivity index (χ2v) is 10.3. The Bertz CT molecular complexity index is 1030. The molecule has 172 valence electrons. The molecule has 1 atom stereocenters. The fourth-order valence-electron chi connectivity index (χ4n) is 3.87. The average molecular weight is 459 g/mol. The fourth-order valence-corrected chi connectivity index (χ4v) is 5.28. The Labute approximate surface area is 190 Å². The second-order valence-electron chi connectivity index (χ2n) is 8.27. The zero-order valence-corrected chi connectivity index (χ0v) is 19.5. The molecule has 0 N–H and O–H groups in total. The van der Waals surface area contributed by atoms with E-state index in [1.807, 2.05) is 6.07 Å². The van der Waals surface area contributed by atoms with E-state index in [1.54, 1.807) is 45.4 Å². The Kier molecular flexibility index (Phi) is 7.69. The number of benzene rings is 2. The zero-order chi connectivity index (χ0) is 23.3. The first kappa shape index (κ1) is 23.9. The standard InChI is InChI=1S/C24H30N2O5S/c1-25(2)23(27)22(18-10-6-4-7-11-18)31-24(28)19-14-16-21(17-15-19)32(29,30)26(3)20-12-8-5-9-13-20/h4,6-7,10-11,14-17,20,22H,5,8-9,12-13H2,1-3H3. The Morgan fingerprint density at radius 1 is 0.906 bits per heavy atom. The predicted octanol–water partition coefficient (Wildman–Crippen LogP) is 3.63. The molecule has 2 aromatic rings. The van der Waals surface area contributed by atoms with Crippen molar-refractivity contribution in [3.05, 3.63) is 65.7 Å². The summed E-state index contributed by atoms with van der Waals surface area (Å²) in [5.74, 6) is -1.06. The first-order valence-electron chi connectivity index (χ1n) is 10.8. The molecule has 0 spiro atoms. The van der Waals surface area contributed by atoms with Gasteiger partial charge in [0.1, 0.15) is 0 Å². The third-order valence-electron chi connectivity index (χ3n) is 5.85. The molecule has 0 aromatic heterocycles. The van der Waals surface area contributed by atoms with Crippen LogP contribution < -0.4 is 0 Å². The first-order chi connectivity index (χ1) is 15.2. The minimum absolute atomic E-state index is 0.00192. The number of carbonyl (C=O) groups excluding carboxylic acids is 2. The Morgan fingerprint density at radius 3 is 2.06 bits per heavy atom. The zero-order valence-electron chi connectivity index (χ0n) is 18.7. The largest absolute Gasteiger partial charge is 0.444 e. The van der Waals surface area contributed by atoms with Crippen molar-refractivity contribution >= 4 is 21.9 Å². The van der Waals surface area contributed by atoms with Crippen molar-refractivity contribution in [2.75, 3.05) is 21.1 Å². The maximum atomic E-state index is 13.0. The summed E-state index contributed by atoms with van der Waals surface area (Å²) in [6, 6.07) is 14.5. The van der Waals surface area contributed by atoms with Crippen LogP contribution >= 0.6 is 0 Å². The lowest BCUT2D eigenvalue weighted by Gasteiger charge is -2.30. The lowest BCUT2D eigenvalue weighted by molar-refractivity contribution is -0.138. The molecular weight excluding hydrogens is 428 g/mol. The summed E-state index contributed by atoms with van der Waals surface area (Å²) in [6.07, 6.45) is 3.84. The maximum Gasteiger partial charge on any atom is 0.339 e. The van der Waals surface area contributed by atoms with Gasteiger partial charge in [0.05, 0.1) is 10.5 Å². The van der Waals surface area contributed by atoms with E-state index in [0.717, 1.165) is 32.1 Å². The SMILES string of the molecule is CN(C)C(=O)C(OC(=O)c1ccc(S(=O)(=O)N(C)C2CCCCC2)cc1)c1ccccc1. The average Bonchev–Trinajstić information content (AvgIpc) is 2.82. The van der Waals surface area contributed by atoms with Gasteiger partial charge in [0.2, 0.25) is 16.1 Å². The topological polar surface area (TPSA) is 84.0 Å². The van der Waals surface area contributed by atoms with Gasteiger partial charge >= 0.3 is 5.97 Å². The van der Waals surface area contributed by atoms with Gasteiger partial charge in [0.15, 0.2) is 0 Å². The number of rotatable bonds is 7. The Balaban J connectivity index is 1.77. The smallest absolute Gasteiger partial charge is 0.339 e. The summed E-state index contributed by atoms with van der Waals surface area (Å²) in [5.41, 5.74) is 0.740. The summed E-state index contributed by atoms with van der Waals surface area (Å²) < 4.78 is 33.0. The molecule has 0 aliphatic heterocycles. The highest BCUT2D eigenvalue weighted by molar-refractivity contribution is 7.89. The molecule has 0 heterocycles. The van der Waals surface area contributed by atoms with Crippen LogP contribution in [0.2, 0.25) is 0 Å². The molecule has 32 heavy (non-hydrogen) atoms. The van der Waals surface area contributed by atoms with Gasteiger partial charge < -0.3 is 9.64 Å². The molecule has 1 fully saturated rings.